The molecule has 0 fully saturated rings. The monoisotopic (exact) mass is 249 g/mol. The smallest absolute Gasteiger partial charge is 0.356 e. The number of nitrogens with one attached hydrogen (secondary N) is 1. The Kier molecular flexibility index (Phi) is 5.60. The highest BCUT2D eigenvalue weighted by Gasteiger charge is 2.16. The molecule has 1 aromatic carbocycles. The van der Waals surface area contributed by atoms with Crippen molar-refractivity contribution in [3.63, 3.8) is 0 Å². The van der Waals surface area contributed by atoms with Gasteiger partial charge in [0.15, 0.2) is 0 Å². The summed E-state index contributed by atoms with van der Waals surface area (Å²) in [6.07, 6.45) is 1.17. The Labute approximate surface area is 105 Å². The Bertz CT molecular complexity index is 428. The standard InChI is InChI=1S/C13H15NO4/c1-2-18-13(17)12(16)14-11(15)9-8-10-6-4-3-5-7-10/h3-9,12,16H,2H2,1H3,(H,14,15)/b9-8+. The van der Waals surface area contributed by atoms with E-state index in [-0.39, 0.29) is 6.61 Å². The molecule has 1 aromatic rings. The van der Waals surface area contributed by atoms with Crippen molar-refractivity contribution in [3.8, 4) is 0 Å². The van der Waals surface area contributed by atoms with Crippen LogP contribution >= 0.6 is 0 Å². The summed E-state index contributed by atoms with van der Waals surface area (Å²) in [7, 11) is 0. The molecule has 0 aliphatic rings. The summed E-state index contributed by atoms with van der Waals surface area (Å²) >= 11 is 0. The van der Waals surface area contributed by atoms with Gasteiger partial charge in [-0.05, 0) is 18.6 Å². The van der Waals surface area contributed by atoms with Crippen LogP contribution < -0.4 is 5.32 Å². The summed E-state index contributed by atoms with van der Waals surface area (Å²) in [5.74, 6) is -1.45. The Morgan fingerprint density at radius 3 is 2.67 bits per heavy atom. The SMILES string of the molecule is CCOC(=O)C(O)NC(=O)/C=C/c1ccccc1. The summed E-state index contributed by atoms with van der Waals surface area (Å²) in [6.45, 7) is 1.76. The van der Waals surface area contributed by atoms with Gasteiger partial charge in [-0.3, -0.25) is 4.79 Å². The molecule has 0 aliphatic carbocycles. The van der Waals surface area contributed by atoms with Crippen LogP contribution in [0.1, 0.15) is 12.5 Å². The van der Waals surface area contributed by atoms with Crippen molar-refractivity contribution in [2.75, 3.05) is 6.61 Å². The van der Waals surface area contributed by atoms with Crippen molar-refractivity contribution in [2.45, 2.75) is 13.2 Å². The van der Waals surface area contributed by atoms with E-state index in [9.17, 15) is 14.7 Å². The van der Waals surface area contributed by atoms with Gasteiger partial charge in [0.25, 0.3) is 0 Å². The van der Waals surface area contributed by atoms with Gasteiger partial charge < -0.3 is 15.2 Å². The molecule has 1 unspecified atom stereocenters. The third-order valence-corrected chi connectivity index (χ3v) is 2.02. The number of ether oxygens (including phenoxy) is 1. The van der Waals surface area contributed by atoms with Gasteiger partial charge in [-0.15, -0.1) is 0 Å². The number of esters is 1. The van der Waals surface area contributed by atoms with Gasteiger partial charge in [0, 0.05) is 6.08 Å². The molecule has 96 valence electrons. The van der Waals surface area contributed by atoms with E-state index in [1.165, 1.54) is 6.08 Å². The Morgan fingerprint density at radius 1 is 1.39 bits per heavy atom. The van der Waals surface area contributed by atoms with Gasteiger partial charge in [-0.1, -0.05) is 30.3 Å². The highest BCUT2D eigenvalue weighted by Crippen LogP contribution is 2.00. The van der Waals surface area contributed by atoms with Crippen molar-refractivity contribution in [3.05, 3.63) is 42.0 Å². The van der Waals surface area contributed by atoms with Crippen LogP contribution in [-0.2, 0) is 14.3 Å². The van der Waals surface area contributed by atoms with Gasteiger partial charge in [-0.25, -0.2) is 4.79 Å². The first-order valence-corrected chi connectivity index (χ1v) is 5.52. The van der Waals surface area contributed by atoms with Crippen molar-refractivity contribution in [1.29, 1.82) is 0 Å². The molecule has 0 spiro atoms. The third-order valence-electron chi connectivity index (χ3n) is 2.02. The molecule has 1 atom stereocenters. The minimum absolute atomic E-state index is 0.144. The summed E-state index contributed by atoms with van der Waals surface area (Å²) in [5, 5.41) is 11.4. The maximum absolute atomic E-state index is 11.4. The summed E-state index contributed by atoms with van der Waals surface area (Å²) in [6, 6.07) is 9.19. The lowest BCUT2D eigenvalue weighted by molar-refractivity contribution is -0.156. The van der Waals surface area contributed by atoms with Crippen LogP contribution in [0.15, 0.2) is 36.4 Å². The zero-order chi connectivity index (χ0) is 13.4. The summed E-state index contributed by atoms with van der Waals surface area (Å²) in [4.78, 5) is 22.4. The van der Waals surface area contributed by atoms with E-state index >= 15 is 0 Å². The molecule has 1 amide bonds. The second-order valence-electron chi connectivity index (χ2n) is 3.41. The van der Waals surface area contributed by atoms with Crippen LogP contribution in [-0.4, -0.2) is 29.8 Å². The number of carbonyl (C=O) groups is 2. The molecule has 5 heteroatoms. The molecule has 18 heavy (non-hydrogen) atoms. The van der Waals surface area contributed by atoms with Gasteiger partial charge in [0.2, 0.25) is 12.1 Å². The van der Waals surface area contributed by atoms with E-state index in [4.69, 9.17) is 0 Å². The van der Waals surface area contributed by atoms with Crippen molar-refractivity contribution in [1.82, 2.24) is 5.32 Å². The van der Waals surface area contributed by atoms with Gasteiger partial charge in [0.1, 0.15) is 0 Å². The largest absolute Gasteiger partial charge is 0.463 e. The fourth-order valence-electron chi connectivity index (χ4n) is 1.20. The number of benzene rings is 1. The van der Waals surface area contributed by atoms with Crippen LogP contribution in [0.25, 0.3) is 6.08 Å². The molecular weight excluding hydrogens is 234 g/mol. The van der Waals surface area contributed by atoms with Crippen LogP contribution in [0.2, 0.25) is 0 Å². The topological polar surface area (TPSA) is 75.6 Å². The highest BCUT2D eigenvalue weighted by molar-refractivity contribution is 5.94. The molecule has 1 rings (SSSR count). The van der Waals surface area contributed by atoms with Crippen molar-refractivity contribution < 1.29 is 19.4 Å². The van der Waals surface area contributed by atoms with Crippen LogP contribution in [0.4, 0.5) is 0 Å². The molecule has 0 aromatic heterocycles. The zero-order valence-electron chi connectivity index (χ0n) is 10.00. The predicted octanol–water partition coefficient (Wildman–Crippen LogP) is 0.697. The van der Waals surface area contributed by atoms with Gasteiger partial charge in [-0.2, -0.15) is 0 Å². The van der Waals surface area contributed by atoms with Crippen LogP contribution in [0.3, 0.4) is 0 Å². The quantitative estimate of drug-likeness (QED) is 0.457. The molecule has 2 N–H and O–H groups in total. The van der Waals surface area contributed by atoms with Crippen LogP contribution in [0, 0.1) is 0 Å². The number of aliphatic hydroxyl groups excluding tert-OH is 1. The van der Waals surface area contributed by atoms with Crippen LogP contribution in [0.5, 0.6) is 0 Å². The average Bonchev–Trinajstić information content (AvgIpc) is 2.38. The molecule has 5 nitrogen and oxygen atoms in total. The van der Waals surface area contributed by atoms with E-state index in [0.717, 1.165) is 5.56 Å². The fraction of sp³-hybridized carbons (Fsp3) is 0.231. The third kappa shape index (κ3) is 4.80. The number of rotatable bonds is 5. The fourth-order valence-corrected chi connectivity index (χ4v) is 1.20. The molecule has 0 saturated heterocycles. The van der Waals surface area contributed by atoms with Gasteiger partial charge in [0.05, 0.1) is 6.61 Å². The minimum Gasteiger partial charge on any atom is -0.463 e. The Balaban J connectivity index is 2.47. The van der Waals surface area contributed by atoms with E-state index in [1.807, 2.05) is 30.3 Å². The molecule has 0 bridgehead atoms. The molecule has 0 aliphatic heterocycles. The minimum atomic E-state index is -1.64. The number of hydrogen-bond acceptors (Lipinski definition) is 4. The normalized spacial score (nSPS) is 12.1. The number of amides is 1. The molecule has 0 heterocycles. The zero-order valence-corrected chi connectivity index (χ0v) is 10.00. The van der Waals surface area contributed by atoms with E-state index in [0.29, 0.717) is 0 Å². The molecule has 0 saturated carbocycles. The van der Waals surface area contributed by atoms with Crippen molar-refractivity contribution >= 4 is 18.0 Å². The summed E-state index contributed by atoms with van der Waals surface area (Å²) < 4.78 is 4.54. The summed E-state index contributed by atoms with van der Waals surface area (Å²) in [5.41, 5.74) is 0.846. The first kappa shape index (κ1) is 13.9. The van der Waals surface area contributed by atoms with E-state index in [1.54, 1.807) is 13.0 Å². The maximum Gasteiger partial charge on any atom is 0.356 e. The van der Waals surface area contributed by atoms with E-state index < -0.39 is 18.1 Å². The highest BCUT2D eigenvalue weighted by atomic mass is 16.5. The van der Waals surface area contributed by atoms with Crippen molar-refractivity contribution in [2.24, 2.45) is 0 Å². The lowest BCUT2D eigenvalue weighted by atomic mass is 10.2. The van der Waals surface area contributed by atoms with E-state index in [2.05, 4.69) is 10.1 Å². The molecule has 0 radical (unpaired) electrons. The Hall–Kier alpha value is -2.14. The lowest BCUT2D eigenvalue weighted by Crippen LogP contribution is -2.40. The van der Waals surface area contributed by atoms with Gasteiger partial charge >= 0.3 is 5.97 Å². The first-order chi connectivity index (χ1) is 8.63. The first-order valence-electron chi connectivity index (χ1n) is 5.52. The molecular formula is C13H15NO4. The second-order valence-corrected chi connectivity index (χ2v) is 3.41. The predicted molar refractivity (Wildman–Crippen MR) is 66.3 cm³/mol. The number of aliphatic hydroxyl groups is 1. The number of hydrogen-bond donors (Lipinski definition) is 2. The average molecular weight is 249 g/mol. The lowest BCUT2D eigenvalue weighted by Gasteiger charge is -2.09. The Morgan fingerprint density at radius 2 is 2.06 bits per heavy atom. The maximum atomic E-state index is 11.4. The second kappa shape index (κ2) is 7.24. The number of carbonyl (C=O) groups excluding carboxylic acids is 2.